The molecule has 1 aromatic rings. The number of hydrazone groups is 1. The third kappa shape index (κ3) is 5.58. The van der Waals surface area contributed by atoms with Gasteiger partial charge in [0.15, 0.2) is 0 Å². The van der Waals surface area contributed by atoms with E-state index in [1.807, 2.05) is 0 Å². The molecule has 1 aliphatic rings. The average Bonchev–Trinajstić information content (AvgIpc) is 2.60. The molecule has 1 saturated carbocycles. The predicted molar refractivity (Wildman–Crippen MR) is 88.1 cm³/mol. The van der Waals surface area contributed by atoms with Gasteiger partial charge >= 0.3 is 12.1 Å². The number of benzene rings is 1. The first-order chi connectivity index (χ1) is 11.8. The highest BCUT2D eigenvalue weighted by Gasteiger charge is 2.38. The van der Waals surface area contributed by atoms with E-state index in [2.05, 4.69) is 10.5 Å². The lowest BCUT2D eigenvalue weighted by Crippen LogP contribution is -2.30. The highest BCUT2D eigenvalue weighted by Crippen LogP contribution is 2.23. The van der Waals surface area contributed by atoms with Gasteiger partial charge in [-0.05, 0) is 37.5 Å². The summed E-state index contributed by atoms with van der Waals surface area (Å²) in [6.07, 6.45) is 0.0581. The second kappa shape index (κ2) is 8.13. The normalized spacial score (nSPS) is 16.4. The van der Waals surface area contributed by atoms with E-state index < -0.39 is 12.1 Å². The molecule has 1 aliphatic carbocycles. The summed E-state index contributed by atoms with van der Waals surface area (Å²) < 4.78 is 36.6. The number of rotatable bonds is 4. The second-order valence-corrected chi connectivity index (χ2v) is 6.04. The van der Waals surface area contributed by atoms with E-state index in [9.17, 15) is 22.8 Å². The maximum atomic E-state index is 12.2. The van der Waals surface area contributed by atoms with Crippen molar-refractivity contribution in [1.29, 1.82) is 0 Å². The van der Waals surface area contributed by atoms with Crippen molar-refractivity contribution < 1.29 is 22.8 Å². The van der Waals surface area contributed by atoms with Gasteiger partial charge in [-0.15, -0.1) is 0 Å². The Bertz CT molecular complexity index is 648. The predicted octanol–water partition coefficient (Wildman–Crippen LogP) is 3.61. The van der Waals surface area contributed by atoms with Crippen LogP contribution in [0.15, 0.2) is 29.4 Å². The van der Waals surface area contributed by atoms with Gasteiger partial charge in [-0.3, -0.25) is 9.59 Å². The first kappa shape index (κ1) is 19.0. The molecule has 5 nitrogen and oxygen atoms in total. The van der Waals surface area contributed by atoms with Crippen LogP contribution in [-0.4, -0.2) is 23.7 Å². The first-order valence-corrected chi connectivity index (χ1v) is 8.10. The fourth-order valence-electron chi connectivity index (χ4n) is 2.66. The number of anilines is 1. The van der Waals surface area contributed by atoms with Crippen molar-refractivity contribution in [3.8, 4) is 0 Å². The number of carbonyl (C=O) groups is 2. The second-order valence-electron chi connectivity index (χ2n) is 6.04. The van der Waals surface area contributed by atoms with Gasteiger partial charge in [0.25, 0.3) is 0 Å². The fraction of sp³-hybridized carbons (Fsp3) is 0.471. The lowest BCUT2D eigenvalue weighted by Gasteiger charge is -2.19. The van der Waals surface area contributed by atoms with Crippen LogP contribution < -0.4 is 10.7 Å². The molecular formula is C17H20F3N3O2. The lowest BCUT2D eigenvalue weighted by molar-refractivity contribution is -0.167. The van der Waals surface area contributed by atoms with Crippen molar-refractivity contribution in [2.75, 3.05) is 5.32 Å². The van der Waals surface area contributed by atoms with Gasteiger partial charge in [-0.1, -0.05) is 31.4 Å². The maximum absolute atomic E-state index is 12.2. The van der Waals surface area contributed by atoms with Crippen molar-refractivity contribution in [1.82, 2.24) is 5.43 Å². The number of carbonyl (C=O) groups excluding carboxylic acids is 2. The molecule has 0 aromatic heterocycles. The molecule has 0 atom stereocenters. The van der Waals surface area contributed by atoms with Gasteiger partial charge in [-0.2, -0.15) is 18.3 Å². The summed E-state index contributed by atoms with van der Waals surface area (Å²) in [5.41, 5.74) is 3.74. The molecule has 1 fully saturated rings. The molecule has 0 heterocycles. The SMILES string of the molecule is C/C(=N\NC(=O)C1CCCCC1)c1ccc(NC(=O)C(F)(F)F)cc1. The first-order valence-electron chi connectivity index (χ1n) is 8.10. The number of hydrogen-bond donors (Lipinski definition) is 2. The van der Waals surface area contributed by atoms with Gasteiger partial charge in [0, 0.05) is 11.6 Å². The van der Waals surface area contributed by atoms with Crippen molar-refractivity contribution >= 4 is 23.2 Å². The zero-order valence-electron chi connectivity index (χ0n) is 13.8. The van der Waals surface area contributed by atoms with E-state index in [4.69, 9.17) is 0 Å². The lowest BCUT2D eigenvalue weighted by atomic mass is 9.89. The van der Waals surface area contributed by atoms with Gasteiger partial charge < -0.3 is 5.32 Å². The van der Waals surface area contributed by atoms with Crippen LogP contribution in [0.25, 0.3) is 0 Å². The molecule has 0 radical (unpaired) electrons. The van der Waals surface area contributed by atoms with Crippen LogP contribution in [0.2, 0.25) is 0 Å². The summed E-state index contributed by atoms with van der Waals surface area (Å²) in [6, 6.07) is 5.75. The number of hydrogen-bond acceptors (Lipinski definition) is 3. The molecule has 8 heteroatoms. The molecule has 0 aliphatic heterocycles. The molecule has 0 bridgehead atoms. The quantitative estimate of drug-likeness (QED) is 0.640. The van der Waals surface area contributed by atoms with E-state index in [-0.39, 0.29) is 17.5 Å². The van der Waals surface area contributed by atoms with E-state index in [0.717, 1.165) is 32.1 Å². The van der Waals surface area contributed by atoms with E-state index >= 15 is 0 Å². The largest absolute Gasteiger partial charge is 0.471 e. The number of amides is 2. The minimum absolute atomic E-state index is 0.00902. The van der Waals surface area contributed by atoms with Crippen LogP contribution in [0.4, 0.5) is 18.9 Å². The zero-order chi connectivity index (χ0) is 18.4. The Hall–Kier alpha value is -2.38. The van der Waals surface area contributed by atoms with Gasteiger partial charge in [0.1, 0.15) is 0 Å². The van der Waals surface area contributed by atoms with Crippen LogP contribution >= 0.6 is 0 Å². The summed E-state index contributed by atoms with van der Waals surface area (Å²) in [6.45, 7) is 1.68. The number of alkyl halides is 3. The minimum atomic E-state index is -4.93. The summed E-state index contributed by atoms with van der Waals surface area (Å²) in [7, 11) is 0. The molecule has 136 valence electrons. The smallest absolute Gasteiger partial charge is 0.318 e. The fourth-order valence-corrected chi connectivity index (χ4v) is 2.66. The van der Waals surface area contributed by atoms with Crippen LogP contribution in [0.1, 0.15) is 44.6 Å². The van der Waals surface area contributed by atoms with Crippen molar-refractivity contribution in [3.05, 3.63) is 29.8 Å². The summed E-state index contributed by atoms with van der Waals surface area (Å²) >= 11 is 0. The Morgan fingerprint density at radius 3 is 2.24 bits per heavy atom. The van der Waals surface area contributed by atoms with Gasteiger partial charge in [0.05, 0.1) is 5.71 Å². The highest BCUT2D eigenvalue weighted by molar-refractivity contribution is 6.00. The van der Waals surface area contributed by atoms with Gasteiger partial charge in [0.2, 0.25) is 5.91 Å². The molecule has 2 N–H and O–H groups in total. The maximum Gasteiger partial charge on any atom is 0.471 e. The van der Waals surface area contributed by atoms with Crippen molar-refractivity contribution in [2.24, 2.45) is 11.0 Å². The Morgan fingerprint density at radius 1 is 1.08 bits per heavy atom. The molecule has 2 rings (SSSR count). The third-order valence-electron chi connectivity index (χ3n) is 4.13. The summed E-state index contributed by atoms with van der Waals surface area (Å²) in [5, 5.41) is 5.82. The highest BCUT2D eigenvalue weighted by atomic mass is 19.4. The van der Waals surface area contributed by atoms with Crippen molar-refractivity contribution in [2.45, 2.75) is 45.2 Å². The number of nitrogens with one attached hydrogen (secondary N) is 2. The van der Waals surface area contributed by atoms with Crippen LogP contribution in [0.5, 0.6) is 0 Å². The Balaban J connectivity index is 1.94. The Morgan fingerprint density at radius 2 is 1.68 bits per heavy atom. The minimum Gasteiger partial charge on any atom is -0.318 e. The Kier molecular flexibility index (Phi) is 6.17. The molecule has 1 aromatic carbocycles. The number of halogens is 3. The van der Waals surface area contributed by atoms with Crippen LogP contribution in [0, 0.1) is 5.92 Å². The van der Waals surface area contributed by atoms with Crippen molar-refractivity contribution in [3.63, 3.8) is 0 Å². The topological polar surface area (TPSA) is 70.6 Å². The molecule has 0 unspecified atom stereocenters. The van der Waals surface area contributed by atoms with E-state index in [0.29, 0.717) is 11.3 Å². The van der Waals surface area contributed by atoms with Crippen LogP contribution in [0.3, 0.4) is 0 Å². The summed E-state index contributed by atoms with van der Waals surface area (Å²) in [4.78, 5) is 22.9. The molecular weight excluding hydrogens is 335 g/mol. The average molecular weight is 355 g/mol. The third-order valence-corrected chi connectivity index (χ3v) is 4.13. The van der Waals surface area contributed by atoms with Gasteiger partial charge in [-0.25, -0.2) is 5.43 Å². The van der Waals surface area contributed by atoms with E-state index in [1.54, 1.807) is 12.2 Å². The van der Waals surface area contributed by atoms with Crippen LogP contribution in [-0.2, 0) is 9.59 Å². The molecule has 2 amide bonds. The molecule has 0 saturated heterocycles. The molecule has 0 spiro atoms. The Labute approximate surface area is 143 Å². The standard InChI is InChI=1S/C17H20F3N3O2/c1-11(22-23-15(24)13-5-3-2-4-6-13)12-7-9-14(10-8-12)21-16(25)17(18,19)20/h7-10,13H,2-6H2,1H3,(H,21,25)(H,23,24)/b22-11+. The van der Waals surface area contributed by atoms with E-state index in [1.165, 1.54) is 24.3 Å². The number of nitrogens with zero attached hydrogens (tertiary/aromatic N) is 1. The molecule has 25 heavy (non-hydrogen) atoms. The monoisotopic (exact) mass is 355 g/mol. The summed E-state index contributed by atoms with van der Waals surface area (Å²) in [5.74, 6) is -2.14. The zero-order valence-corrected chi connectivity index (χ0v) is 13.8.